The van der Waals surface area contributed by atoms with Gasteiger partial charge in [0.1, 0.15) is 0 Å². The summed E-state index contributed by atoms with van der Waals surface area (Å²) in [7, 11) is 0. The molecular weight excluding hydrogens is 345 g/mol. The molecule has 6 heteroatoms. The van der Waals surface area contributed by atoms with Gasteiger partial charge in [-0.3, -0.25) is 9.69 Å². The summed E-state index contributed by atoms with van der Waals surface area (Å²) in [4.78, 5) is 14.9. The van der Waals surface area contributed by atoms with E-state index in [-0.39, 0.29) is 11.9 Å². The number of nitrogen functional groups attached to an aromatic ring is 1. The van der Waals surface area contributed by atoms with Crippen LogP contribution in [-0.4, -0.2) is 23.4 Å². The number of nitrogens with zero attached hydrogens (tertiary/aromatic N) is 1. The van der Waals surface area contributed by atoms with Crippen molar-refractivity contribution >= 4 is 40.5 Å². The number of hydrogen-bond donors (Lipinski definition) is 2. The van der Waals surface area contributed by atoms with Crippen molar-refractivity contribution in [2.75, 3.05) is 17.6 Å². The number of carbonyl (C=O) groups is 1. The molecule has 0 aromatic heterocycles. The second-order valence-corrected chi connectivity index (χ2v) is 6.77. The molecule has 1 unspecified atom stereocenters. The zero-order valence-electron chi connectivity index (χ0n) is 13.1. The number of carbonyl (C=O) groups excluding carboxylic acids is 1. The second-order valence-electron chi connectivity index (χ2n) is 5.96. The quantitative estimate of drug-likeness (QED) is 0.801. The Balaban J connectivity index is 1.70. The molecule has 1 amide bonds. The molecule has 1 atom stereocenters. The number of hydrogen-bond acceptors (Lipinski definition) is 3. The highest BCUT2D eigenvalue weighted by Gasteiger charge is 2.30. The Morgan fingerprint density at radius 3 is 2.54 bits per heavy atom. The van der Waals surface area contributed by atoms with Crippen molar-refractivity contribution in [3.63, 3.8) is 0 Å². The maximum absolute atomic E-state index is 12.7. The first-order chi connectivity index (χ1) is 11.5. The summed E-state index contributed by atoms with van der Waals surface area (Å²) in [5.74, 6) is -0.0414. The maximum atomic E-state index is 12.7. The number of halogens is 2. The van der Waals surface area contributed by atoms with Gasteiger partial charge in [-0.05, 0) is 37.1 Å². The van der Waals surface area contributed by atoms with Gasteiger partial charge in [-0.25, -0.2) is 0 Å². The van der Waals surface area contributed by atoms with Crippen LogP contribution in [0.15, 0.2) is 42.5 Å². The van der Waals surface area contributed by atoms with Gasteiger partial charge >= 0.3 is 0 Å². The zero-order chi connectivity index (χ0) is 17.1. The standard InChI is InChI=1S/C18H19Cl2N3O/c19-14-9-13(10-15(20)17(14)21)22-18(24)16-7-4-8-23(16)11-12-5-2-1-3-6-12/h1-3,5-6,9-10,16H,4,7-8,11,21H2,(H,22,24). The smallest absolute Gasteiger partial charge is 0.241 e. The van der Waals surface area contributed by atoms with Crippen LogP contribution in [0.5, 0.6) is 0 Å². The largest absolute Gasteiger partial charge is 0.396 e. The molecule has 1 saturated heterocycles. The first kappa shape index (κ1) is 17.1. The average Bonchev–Trinajstić information content (AvgIpc) is 3.01. The third-order valence-electron chi connectivity index (χ3n) is 4.24. The van der Waals surface area contributed by atoms with Gasteiger partial charge in [0.05, 0.1) is 21.8 Å². The van der Waals surface area contributed by atoms with Crippen LogP contribution >= 0.6 is 23.2 Å². The Morgan fingerprint density at radius 1 is 1.21 bits per heavy atom. The molecule has 3 rings (SSSR count). The molecule has 1 fully saturated rings. The van der Waals surface area contributed by atoms with E-state index in [0.717, 1.165) is 25.9 Å². The lowest BCUT2D eigenvalue weighted by Crippen LogP contribution is -2.39. The van der Waals surface area contributed by atoms with Crippen molar-refractivity contribution in [3.8, 4) is 0 Å². The highest BCUT2D eigenvalue weighted by atomic mass is 35.5. The summed E-state index contributed by atoms with van der Waals surface area (Å²) in [6.45, 7) is 1.68. The second kappa shape index (κ2) is 7.43. The number of anilines is 2. The van der Waals surface area contributed by atoms with Gasteiger partial charge < -0.3 is 11.1 Å². The van der Waals surface area contributed by atoms with Gasteiger partial charge in [0.15, 0.2) is 0 Å². The Kier molecular flexibility index (Phi) is 5.29. The van der Waals surface area contributed by atoms with Crippen molar-refractivity contribution in [2.24, 2.45) is 0 Å². The normalized spacial score (nSPS) is 17.8. The van der Waals surface area contributed by atoms with Crippen LogP contribution in [0.4, 0.5) is 11.4 Å². The molecule has 4 nitrogen and oxygen atoms in total. The minimum Gasteiger partial charge on any atom is -0.396 e. The summed E-state index contributed by atoms with van der Waals surface area (Å²) < 4.78 is 0. The zero-order valence-corrected chi connectivity index (χ0v) is 14.6. The first-order valence-electron chi connectivity index (χ1n) is 7.88. The molecule has 0 bridgehead atoms. The number of benzene rings is 2. The Labute approximate surface area is 151 Å². The topological polar surface area (TPSA) is 58.4 Å². The lowest BCUT2D eigenvalue weighted by Gasteiger charge is -2.24. The number of rotatable bonds is 4. The third-order valence-corrected chi connectivity index (χ3v) is 4.87. The van der Waals surface area contributed by atoms with Crippen LogP contribution < -0.4 is 11.1 Å². The molecule has 0 aliphatic carbocycles. The number of nitrogens with two attached hydrogens (primary N) is 1. The molecule has 126 valence electrons. The fourth-order valence-electron chi connectivity index (χ4n) is 3.01. The first-order valence-corrected chi connectivity index (χ1v) is 8.63. The van der Waals surface area contributed by atoms with Gasteiger partial charge in [0, 0.05) is 12.2 Å². The minimum atomic E-state index is -0.152. The van der Waals surface area contributed by atoms with E-state index in [1.54, 1.807) is 12.1 Å². The lowest BCUT2D eigenvalue weighted by molar-refractivity contribution is -0.120. The van der Waals surface area contributed by atoms with Gasteiger partial charge in [0.25, 0.3) is 0 Å². The van der Waals surface area contributed by atoms with E-state index in [4.69, 9.17) is 28.9 Å². The Morgan fingerprint density at radius 2 is 1.88 bits per heavy atom. The summed E-state index contributed by atoms with van der Waals surface area (Å²) in [5.41, 5.74) is 7.82. The molecular formula is C18H19Cl2N3O. The molecule has 24 heavy (non-hydrogen) atoms. The van der Waals surface area contributed by atoms with Crippen molar-refractivity contribution in [1.29, 1.82) is 0 Å². The van der Waals surface area contributed by atoms with E-state index in [2.05, 4.69) is 22.3 Å². The monoisotopic (exact) mass is 363 g/mol. The molecule has 1 heterocycles. The number of amides is 1. The van der Waals surface area contributed by atoms with Crippen molar-refractivity contribution in [1.82, 2.24) is 4.90 Å². The van der Waals surface area contributed by atoms with Gasteiger partial charge in [-0.15, -0.1) is 0 Å². The Bertz CT molecular complexity index is 713. The van der Waals surface area contributed by atoms with Crippen LogP contribution in [0, 0.1) is 0 Å². The number of likely N-dealkylation sites (tertiary alicyclic amines) is 1. The van der Waals surface area contributed by atoms with E-state index >= 15 is 0 Å². The molecule has 0 spiro atoms. The van der Waals surface area contributed by atoms with Crippen LogP contribution in [0.25, 0.3) is 0 Å². The molecule has 3 N–H and O–H groups in total. The van der Waals surface area contributed by atoms with Gasteiger partial charge in [-0.2, -0.15) is 0 Å². The molecule has 0 radical (unpaired) electrons. The summed E-state index contributed by atoms with van der Waals surface area (Å²) >= 11 is 12.1. The molecule has 1 aliphatic rings. The molecule has 1 aliphatic heterocycles. The van der Waals surface area contributed by atoms with Crippen LogP contribution in [0.1, 0.15) is 18.4 Å². The highest BCUT2D eigenvalue weighted by molar-refractivity contribution is 6.39. The summed E-state index contributed by atoms with van der Waals surface area (Å²) in [5, 5.41) is 3.58. The van der Waals surface area contributed by atoms with Crippen LogP contribution in [0.3, 0.4) is 0 Å². The minimum absolute atomic E-state index is 0.0414. The number of nitrogens with one attached hydrogen (secondary N) is 1. The van der Waals surface area contributed by atoms with E-state index < -0.39 is 0 Å². The summed E-state index contributed by atoms with van der Waals surface area (Å²) in [6.07, 6.45) is 1.85. The van der Waals surface area contributed by atoms with Crippen molar-refractivity contribution in [3.05, 3.63) is 58.1 Å². The van der Waals surface area contributed by atoms with E-state index in [9.17, 15) is 4.79 Å². The SMILES string of the molecule is Nc1c(Cl)cc(NC(=O)C2CCCN2Cc2ccccc2)cc1Cl. The molecule has 2 aromatic rings. The van der Waals surface area contributed by atoms with E-state index in [0.29, 0.717) is 21.4 Å². The summed E-state index contributed by atoms with van der Waals surface area (Å²) in [6, 6.07) is 13.3. The predicted molar refractivity (Wildman–Crippen MR) is 99.4 cm³/mol. The average molecular weight is 364 g/mol. The Hall–Kier alpha value is -1.75. The third kappa shape index (κ3) is 3.83. The predicted octanol–water partition coefficient (Wildman–Crippen LogP) is 4.18. The fraction of sp³-hybridized carbons (Fsp3) is 0.278. The van der Waals surface area contributed by atoms with Crippen molar-refractivity contribution in [2.45, 2.75) is 25.4 Å². The van der Waals surface area contributed by atoms with E-state index in [1.165, 1.54) is 5.56 Å². The van der Waals surface area contributed by atoms with Crippen molar-refractivity contribution < 1.29 is 4.79 Å². The fourth-order valence-corrected chi connectivity index (χ4v) is 3.50. The van der Waals surface area contributed by atoms with Gasteiger partial charge in [0.2, 0.25) is 5.91 Å². The highest BCUT2D eigenvalue weighted by Crippen LogP contribution is 2.31. The van der Waals surface area contributed by atoms with Crippen LogP contribution in [0.2, 0.25) is 10.0 Å². The van der Waals surface area contributed by atoms with Gasteiger partial charge in [-0.1, -0.05) is 53.5 Å². The molecule has 2 aromatic carbocycles. The van der Waals surface area contributed by atoms with E-state index in [1.807, 2.05) is 18.2 Å². The van der Waals surface area contributed by atoms with Crippen LogP contribution in [-0.2, 0) is 11.3 Å². The maximum Gasteiger partial charge on any atom is 0.241 e. The lowest BCUT2D eigenvalue weighted by atomic mass is 10.1. The molecule has 0 saturated carbocycles.